The fourth-order valence-electron chi connectivity index (χ4n) is 1.27. The Bertz CT molecular complexity index is 453. The highest BCUT2D eigenvalue weighted by Gasteiger charge is 2.06. The Labute approximate surface area is 105 Å². The van der Waals surface area contributed by atoms with E-state index in [1.165, 1.54) is 18.2 Å². The summed E-state index contributed by atoms with van der Waals surface area (Å²) in [7, 11) is 0. The van der Waals surface area contributed by atoms with Crippen LogP contribution in [0.25, 0.3) is 0 Å². The molecule has 0 heterocycles. The minimum atomic E-state index is -0.986. The van der Waals surface area contributed by atoms with E-state index in [0.717, 1.165) is 0 Å². The van der Waals surface area contributed by atoms with E-state index in [1.54, 1.807) is 0 Å². The van der Waals surface area contributed by atoms with Crippen molar-refractivity contribution < 1.29 is 29.4 Å². The second-order valence-corrected chi connectivity index (χ2v) is 3.19. The third-order valence-electron chi connectivity index (χ3n) is 1.88. The van der Waals surface area contributed by atoms with Gasteiger partial charge in [-0.25, -0.2) is 0 Å². The lowest BCUT2D eigenvalue weighted by Crippen LogP contribution is -2.04. The van der Waals surface area contributed by atoms with E-state index in [4.69, 9.17) is 0 Å². The van der Waals surface area contributed by atoms with Crippen molar-refractivity contribution in [3.63, 3.8) is 0 Å². The zero-order valence-electron chi connectivity index (χ0n) is 9.38. The molecule has 0 aliphatic heterocycles. The van der Waals surface area contributed by atoms with Gasteiger partial charge < -0.3 is 14.4 Å². The van der Waals surface area contributed by atoms with Crippen molar-refractivity contribution in [1.82, 2.24) is 0 Å². The topological polar surface area (TPSA) is 131 Å². The maximum atomic E-state index is 10.2. The molecule has 0 spiro atoms. The fourth-order valence-corrected chi connectivity index (χ4v) is 1.27. The number of carbonyl (C=O) groups excluding carboxylic acids is 1. The highest BCUT2D eigenvalue weighted by atomic mass is 17.0. The molecule has 0 N–H and O–H groups in total. The Balaban J connectivity index is 2.85. The van der Waals surface area contributed by atoms with Crippen LogP contribution >= 0.6 is 0 Å². The van der Waals surface area contributed by atoms with E-state index in [9.17, 15) is 25.0 Å². The number of benzene rings is 1. The number of nitrogens with zero attached hydrogens (tertiary/aromatic N) is 2. The van der Waals surface area contributed by atoms with Crippen LogP contribution in [0.15, 0.2) is 18.2 Å². The zero-order chi connectivity index (χ0) is 14.3. The summed E-state index contributed by atoms with van der Waals surface area (Å²) in [6.07, 6.45) is 0. The van der Waals surface area contributed by atoms with E-state index in [0.29, 0.717) is 11.1 Å². The van der Waals surface area contributed by atoms with Gasteiger partial charge in [0, 0.05) is 0 Å². The van der Waals surface area contributed by atoms with Crippen LogP contribution < -0.4 is 4.74 Å². The minimum absolute atomic E-state index is 0.0707. The number of rotatable bonds is 8. The second-order valence-electron chi connectivity index (χ2n) is 3.19. The van der Waals surface area contributed by atoms with Crippen LogP contribution in [-0.4, -0.2) is 16.6 Å². The molecule has 19 heavy (non-hydrogen) atoms. The standard InChI is InChI=1S/C9H8N2O8/c12-6-17-9-2-7(4-18-10(13)14)1-8(3-9)5-19-11(15)16/h1-3,6H,4-5H2. The molecule has 1 aromatic rings. The molecule has 1 rings (SSSR count). The van der Waals surface area contributed by atoms with Crippen molar-refractivity contribution in [1.29, 1.82) is 0 Å². The highest BCUT2D eigenvalue weighted by Crippen LogP contribution is 2.18. The molecule has 0 unspecified atom stereocenters. The van der Waals surface area contributed by atoms with Gasteiger partial charge in [-0.1, -0.05) is 6.07 Å². The molecule has 0 saturated carbocycles. The van der Waals surface area contributed by atoms with E-state index in [1.807, 2.05) is 0 Å². The monoisotopic (exact) mass is 272 g/mol. The SMILES string of the molecule is O=COc1cc(CO[N+](=O)[O-])cc(CO[N+](=O)[O-])c1. The van der Waals surface area contributed by atoms with Gasteiger partial charge in [0.2, 0.25) is 0 Å². The van der Waals surface area contributed by atoms with Crippen molar-refractivity contribution >= 4 is 6.47 Å². The van der Waals surface area contributed by atoms with Crippen molar-refractivity contribution in [2.45, 2.75) is 13.2 Å². The summed E-state index contributed by atoms with van der Waals surface area (Å²) in [5, 5.41) is 18.2. The lowest BCUT2D eigenvalue weighted by atomic mass is 10.1. The third-order valence-corrected chi connectivity index (χ3v) is 1.88. The Morgan fingerprint density at radius 1 is 1.00 bits per heavy atom. The van der Waals surface area contributed by atoms with Gasteiger partial charge in [0.05, 0.1) is 0 Å². The van der Waals surface area contributed by atoms with E-state index in [2.05, 4.69) is 14.4 Å². The van der Waals surface area contributed by atoms with Gasteiger partial charge in [-0.2, -0.15) is 0 Å². The van der Waals surface area contributed by atoms with Crippen LogP contribution in [0.5, 0.6) is 5.75 Å². The molecule has 10 nitrogen and oxygen atoms in total. The summed E-state index contributed by atoms with van der Waals surface area (Å²) in [5.41, 5.74) is 0.607. The van der Waals surface area contributed by atoms with E-state index < -0.39 is 10.2 Å². The van der Waals surface area contributed by atoms with Crippen molar-refractivity contribution in [3.05, 3.63) is 49.6 Å². The Morgan fingerprint density at radius 3 is 1.84 bits per heavy atom. The van der Waals surface area contributed by atoms with Crippen molar-refractivity contribution in [2.75, 3.05) is 0 Å². The molecule has 0 bridgehead atoms. The van der Waals surface area contributed by atoms with Gasteiger partial charge in [0.1, 0.15) is 19.0 Å². The lowest BCUT2D eigenvalue weighted by molar-refractivity contribution is -0.763. The molecule has 0 amide bonds. The maximum absolute atomic E-state index is 10.2. The van der Waals surface area contributed by atoms with Crippen LogP contribution in [0, 0.1) is 20.2 Å². The predicted molar refractivity (Wildman–Crippen MR) is 56.7 cm³/mol. The fraction of sp³-hybridized carbons (Fsp3) is 0.222. The van der Waals surface area contributed by atoms with Gasteiger partial charge >= 0.3 is 0 Å². The third kappa shape index (κ3) is 5.30. The first-order chi connectivity index (χ1) is 9.01. The Morgan fingerprint density at radius 2 is 1.47 bits per heavy atom. The van der Waals surface area contributed by atoms with Crippen LogP contribution in [0.4, 0.5) is 0 Å². The maximum Gasteiger partial charge on any atom is 0.298 e. The van der Waals surface area contributed by atoms with Gasteiger partial charge in [0.15, 0.2) is 0 Å². The van der Waals surface area contributed by atoms with Crippen LogP contribution in [0.2, 0.25) is 0 Å². The summed E-state index contributed by atoms with van der Waals surface area (Å²) in [6, 6.07) is 4.05. The van der Waals surface area contributed by atoms with Gasteiger partial charge in [-0.05, 0) is 23.3 Å². The normalized spacial score (nSPS) is 9.47. The highest BCUT2D eigenvalue weighted by molar-refractivity contribution is 5.46. The number of ether oxygens (including phenoxy) is 1. The van der Waals surface area contributed by atoms with Gasteiger partial charge in [0.25, 0.3) is 16.6 Å². The molecule has 0 aromatic heterocycles. The molecule has 0 atom stereocenters. The molecule has 0 saturated heterocycles. The van der Waals surface area contributed by atoms with Crippen LogP contribution in [-0.2, 0) is 27.7 Å². The van der Waals surface area contributed by atoms with Crippen LogP contribution in [0.1, 0.15) is 11.1 Å². The smallest absolute Gasteiger partial charge is 0.298 e. The molecular formula is C9H8N2O8. The Kier molecular flexibility index (Phi) is 5.02. The molecule has 10 heteroatoms. The summed E-state index contributed by atoms with van der Waals surface area (Å²) in [6.45, 7) is -0.603. The minimum Gasteiger partial charge on any atom is -0.429 e. The Hall–Kier alpha value is -2.91. The quantitative estimate of drug-likeness (QED) is 0.382. The van der Waals surface area contributed by atoms with Gasteiger partial charge in [-0.15, -0.1) is 20.2 Å². The predicted octanol–water partition coefficient (Wildman–Crippen LogP) is 0.638. The average molecular weight is 272 g/mol. The molecule has 102 valence electrons. The molecule has 1 aromatic carbocycles. The first-order valence-corrected chi connectivity index (χ1v) is 4.79. The van der Waals surface area contributed by atoms with E-state index >= 15 is 0 Å². The average Bonchev–Trinajstić information content (AvgIpc) is 2.34. The first-order valence-electron chi connectivity index (χ1n) is 4.79. The second kappa shape index (κ2) is 6.74. The first kappa shape index (κ1) is 14.2. The molecular weight excluding hydrogens is 264 g/mol. The van der Waals surface area contributed by atoms with Crippen molar-refractivity contribution in [2.24, 2.45) is 0 Å². The van der Waals surface area contributed by atoms with Crippen molar-refractivity contribution in [3.8, 4) is 5.75 Å². The van der Waals surface area contributed by atoms with E-state index in [-0.39, 0.29) is 25.4 Å². The number of carbonyl (C=O) groups is 1. The number of hydrogen-bond acceptors (Lipinski definition) is 8. The summed E-state index contributed by atoms with van der Waals surface area (Å²) in [4.78, 5) is 38.6. The molecule has 0 aliphatic rings. The lowest BCUT2D eigenvalue weighted by Gasteiger charge is -2.07. The van der Waals surface area contributed by atoms with Crippen LogP contribution in [0.3, 0.4) is 0 Å². The molecule has 0 radical (unpaired) electrons. The molecule has 0 fully saturated rings. The van der Waals surface area contributed by atoms with Gasteiger partial charge in [-0.3, -0.25) is 4.79 Å². The molecule has 0 aliphatic carbocycles. The summed E-state index contributed by atoms with van der Waals surface area (Å²) in [5.74, 6) is 0.0707. The zero-order valence-corrected chi connectivity index (χ0v) is 9.38. The summed E-state index contributed by atoms with van der Waals surface area (Å²) < 4.78 is 4.57. The summed E-state index contributed by atoms with van der Waals surface area (Å²) >= 11 is 0. The number of hydrogen-bond donors (Lipinski definition) is 0. The largest absolute Gasteiger partial charge is 0.429 e.